The molecule has 134 valence electrons. The standard InChI is InChI=1S/C19H19FN4O2/c1-6-8-23-17(19(3,4)5)22-24(18(23)25)15-11-16(26-9-7-2)13(12-21)10-14(15)20/h1,7,10-11H,2,8-9H2,3-5H3. The maximum absolute atomic E-state index is 14.6. The number of hydrogen-bond acceptors (Lipinski definition) is 4. The third-order valence-corrected chi connectivity index (χ3v) is 3.54. The van der Waals surface area contributed by atoms with Crippen LogP contribution in [-0.4, -0.2) is 21.0 Å². The normalized spacial score (nSPS) is 10.8. The van der Waals surface area contributed by atoms with Gasteiger partial charge in [0.05, 0.1) is 12.1 Å². The Bertz CT molecular complexity index is 981. The third kappa shape index (κ3) is 3.52. The number of aromatic nitrogens is 3. The zero-order valence-electron chi connectivity index (χ0n) is 14.9. The number of nitrogens with zero attached hydrogens (tertiary/aromatic N) is 4. The molecule has 1 aromatic carbocycles. The van der Waals surface area contributed by atoms with Crippen LogP contribution >= 0.6 is 0 Å². The van der Waals surface area contributed by atoms with Gasteiger partial charge in [-0.3, -0.25) is 4.57 Å². The zero-order valence-corrected chi connectivity index (χ0v) is 14.9. The van der Waals surface area contributed by atoms with E-state index >= 15 is 0 Å². The number of rotatable bonds is 5. The van der Waals surface area contributed by atoms with E-state index in [0.29, 0.717) is 5.82 Å². The quantitative estimate of drug-likeness (QED) is 0.611. The molecule has 0 aliphatic heterocycles. The first kappa shape index (κ1) is 19.0. The molecule has 0 saturated carbocycles. The first-order valence-electron chi connectivity index (χ1n) is 7.86. The molecule has 6 nitrogen and oxygen atoms in total. The Balaban J connectivity index is 2.73. The number of nitriles is 1. The van der Waals surface area contributed by atoms with Crippen LogP contribution in [0.15, 0.2) is 29.6 Å². The summed E-state index contributed by atoms with van der Waals surface area (Å²) in [4.78, 5) is 12.7. The van der Waals surface area contributed by atoms with Crippen molar-refractivity contribution in [2.45, 2.75) is 32.7 Å². The van der Waals surface area contributed by atoms with Crippen molar-refractivity contribution >= 4 is 0 Å². The molecule has 0 N–H and O–H groups in total. The van der Waals surface area contributed by atoms with Gasteiger partial charge >= 0.3 is 5.69 Å². The minimum Gasteiger partial charge on any atom is -0.488 e. The van der Waals surface area contributed by atoms with Gasteiger partial charge in [0, 0.05) is 11.5 Å². The van der Waals surface area contributed by atoms with Crippen molar-refractivity contribution in [2.24, 2.45) is 0 Å². The molecule has 0 aliphatic rings. The summed E-state index contributed by atoms with van der Waals surface area (Å²) in [5.41, 5.74) is -1.15. The van der Waals surface area contributed by atoms with E-state index in [1.165, 1.54) is 16.7 Å². The van der Waals surface area contributed by atoms with E-state index in [9.17, 15) is 9.18 Å². The molecule has 1 heterocycles. The minimum atomic E-state index is -0.764. The lowest BCUT2D eigenvalue weighted by Crippen LogP contribution is -2.27. The van der Waals surface area contributed by atoms with Gasteiger partial charge < -0.3 is 4.74 Å². The molecular formula is C19H19FN4O2. The van der Waals surface area contributed by atoms with Crippen LogP contribution in [0.2, 0.25) is 0 Å². The van der Waals surface area contributed by atoms with Crippen molar-refractivity contribution in [2.75, 3.05) is 6.61 Å². The van der Waals surface area contributed by atoms with Crippen molar-refractivity contribution in [1.29, 1.82) is 5.26 Å². The monoisotopic (exact) mass is 354 g/mol. The smallest absolute Gasteiger partial charge is 0.351 e. The second-order valence-corrected chi connectivity index (χ2v) is 6.57. The number of hydrogen-bond donors (Lipinski definition) is 0. The summed E-state index contributed by atoms with van der Waals surface area (Å²) in [5, 5.41) is 13.4. The number of halogens is 1. The van der Waals surface area contributed by atoms with Gasteiger partial charge in [0.2, 0.25) is 0 Å². The zero-order chi connectivity index (χ0) is 19.5. The van der Waals surface area contributed by atoms with Crippen molar-refractivity contribution in [1.82, 2.24) is 14.3 Å². The molecule has 0 amide bonds. The predicted octanol–water partition coefficient (Wildman–Crippen LogP) is 2.54. The molecule has 0 saturated heterocycles. The minimum absolute atomic E-state index is 0.0141. The molecule has 0 spiro atoms. The molecule has 1 aromatic heterocycles. The van der Waals surface area contributed by atoms with Crippen molar-refractivity contribution in [3.05, 3.63) is 52.5 Å². The van der Waals surface area contributed by atoms with Gasteiger partial charge in [-0.2, -0.15) is 9.94 Å². The van der Waals surface area contributed by atoms with Gasteiger partial charge in [0.1, 0.15) is 29.9 Å². The number of ether oxygens (including phenoxy) is 1. The van der Waals surface area contributed by atoms with Gasteiger partial charge in [0.15, 0.2) is 5.82 Å². The van der Waals surface area contributed by atoms with Gasteiger partial charge in [-0.25, -0.2) is 9.18 Å². The first-order chi connectivity index (χ1) is 12.2. The Morgan fingerprint density at radius 1 is 1.46 bits per heavy atom. The molecule has 26 heavy (non-hydrogen) atoms. The lowest BCUT2D eigenvalue weighted by atomic mass is 9.96. The topological polar surface area (TPSA) is 72.8 Å². The summed E-state index contributed by atoms with van der Waals surface area (Å²) >= 11 is 0. The van der Waals surface area contributed by atoms with E-state index in [0.717, 1.165) is 10.7 Å². The summed E-state index contributed by atoms with van der Waals surface area (Å²) in [6, 6.07) is 4.15. The number of terminal acetylenes is 1. The first-order valence-corrected chi connectivity index (χ1v) is 7.86. The highest BCUT2D eigenvalue weighted by Gasteiger charge is 2.26. The lowest BCUT2D eigenvalue weighted by molar-refractivity contribution is 0.361. The van der Waals surface area contributed by atoms with Crippen LogP contribution in [0.25, 0.3) is 5.69 Å². The largest absolute Gasteiger partial charge is 0.488 e. The van der Waals surface area contributed by atoms with E-state index in [1.807, 2.05) is 26.8 Å². The van der Waals surface area contributed by atoms with Crippen LogP contribution in [0.3, 0.4) is 0 Å². The van der Waals surface area contributed by atoms with Gasteiger partial charge in [-0.15, -0.1) is 11.5 Å². The molecule has 0 aliphatic carbocycles. The Morgan fingerprint density at radius 3 is 2.69 bits per heavy atom. The highest BCUT2D eigenvalue weighted by atomic mass is 19.1. The molecule has 0 unspecified atom stereocenters. The Morgan fingerprint density at radius 2 is 2.15 bits per heavy atom. The molecular weight excluding hydrogens is 335 g/mol. The summed E-state index contributed by atoms with van der Waals surface area (Å²) in [6.45, 7) is 9.31. The van der Waals surface area contributed by atoms with Gasteiger partial charge in [-0.05, 0) is 6.07 Å². The fourth-order valence-electron chi connectivity index (χ4n) is 2.40. The summed E-state index contributed by atoms with van der Waals surface area (Å²) in [5.74, 6) is 2.21. The summed E-state index contributed by atoms with van der Waals surface area (Å²) in [6.07, 6.45) is 6.85. The van der Waals surface area contributed by atoms with E-state index in [2.05, 4.69) is 17.6 Å². The maximum Gasteiger partial charge on any atom is 0.351 e. The molecule has 7 heteroatoms. The van der Waals surface area contributed by atoms with Gasteiger partial charge in [-0.1, -0.05) is 39.3 Å². The van der Waals surface area contributed by atoms with Crippen LogP contribution in [0.1, 0.15) is 32.2 Å². The SMILES string of the molecule is C#CCn1c(C(C)(C)C)nn(-c2cc(OCC=C)c(C#N)cc2F)c1=O. The average Bonchev–Trinajstić information content (AvgIpc) is 2.91. The van der Waals surface area contributed by atoms with Crippen LogP contribution in [0.4, 0.5) is 4.39 Å². The molecule has 0 bridgehead atoms. The van der Waals surface area contributed by atoms with Crippen LogP contribution < -0.4 is 10.4 Å². The molecule has 0 atom stereocenters. The molecule has 2 rings (SSSR count). The van der Waals surface area contributed by atoms with Gasteiger partial charge in [0.25, 0.3) is 0 Å². The second-order valence-electron chi connectivity index (χ2n) is 6.57. The van der Waals surface area contributed by atoms with Crippen LogP contribution in [0, 0.1) is 29.5 Å². The van der Waals surface area contributed by atoms with Crippen LogP contribution in [0.5, 0.6) is 5.75 Å². The van der Waals surface area contributed by atoms with E-state index in [4.69, 9.17) is 16.4 Å². The number of benzene rings is 1. The lowest BCUT2D eigenvalue weighted by Gasteiger charge is -2.16. The highest BCUT2D eigenvalue weighted by molar-refractivity contribution is 5.51. The maximum atomic E-state index is 14.6. The molecule has 2 aromatic rings. The summed E-state index contributed by atoms with van der Waals surface area (Å²) in [7, 11) is 0. The van der Waals surface area contributed by atoms with E-state index < -0.39 is 16.9 Å². The fourth-order valence-corrected chi connectivity index (χ4v) is 2.40. The van der Waals surface area contributed by atoms with Crippen LogP contribution in [-0.2, 0) is 12.0 Å². The predicted molar refractivity (Wildman–Crippen MR) is 95.7 cm³/mol. The highest BCUT2D eigenvalue weighted by Crippen LogP contribution is 2.26. The van der Waals surface area contributed by atoms with Crippen molar-refractivity contribution in [3.8, 4) is 29.8 Å². The second kappa shape index (κ2) is 7.28. The van der Waals surface area contributed by atoms with Crippen molar-refractivity contribution < 1.29 is 9.13 Å². The third-order valence-electron chi connectivity index (χ3n) is 3.54. The molecule has 0 radical (unpaired) electrons. The van der Waals surface area contributed by atoms with E-state index in [1.54, 1.807) is 0 Å². The Hall–Kier alpha value is -3.32. The van der Waals surface area contributed by atoms with Crippen molar-refractivity contribution in [3.63, 3.8) is 0 Å². The average molecular weight is 354 g/mol. The Labute approximate surface area is 151 Å². The summed E-state index contributed by atoms with van der Waals surface area (Å²) < 4.78 is 22.2. The molecule has 0 fully saturated rings. The van der Waals surface area contributed by atoms with E-state index in [-0.39, 0.29) is 30.2 Å². The Kier molecular flexibility index (Phi) is 5.33. The fraction of sp³-hybridized carbons (Fsp3) is 0.316.